The Morgan fingerprint density at radius 1 is 1.29 bits per heavy atom. The van der Waals surface area contributed by atoms with E-state index in [2.05, 4.69) is 0 Å². The molecule has 2 rings (SSSR count). The molecule has 1 saturated carbocycles. The molecule has 0 heterocycles. The Hall–Kier alpha value is -2.05. The van der Waals surface area contributed by atoms with Crippen molar-refractivity contribution in [3.63, 3.8) is 0 Å². The number of carbonyl (C=O) groups is 2. The average molecular weight is 301 g/mol. The van der Waals surface area contributed by atoms with E-state index in [0.717, 1.165) is 12.1 Å². The molecule has 1 atom stereocenters. The van der Waals surface area contributed by atoms with Gasteiger partial charge in [0.2, 0.25) is 5.91 Å². The van der Waals surface area contributed by atoms with E-state index in [9.17, 15) is 22.8 Å². The van der Waals surface area contributed by atoms with Gasteiger partial charge in [-0.2, -0.15) is 0 Å². The van der Waals surface area contributed by atoms with Crippen LogP contribution in [0.1, 0.15) is 24.8 Å². The second-order valence-electron chi connectivity index (χ2n) is 5.05. The third kappa shape index (κ3) is 2.59. The Labute approximate surface area is 119 Å². The molecule has 0 aromatic heterocycles. The zero-order valence-corrected chi connectivity index (χ0v) is 11.0. The number of hydrogen-bond donors (Lipinski definition) is 2. The van der Waals surface area contributed by atoms with E-state index in [4.69, 9.17) is 5.11 Å². The number of rotatable bonds is 5. The molecule has 0 aliphatic heterocycles. The third-order valence-electron chi connectivity index (χ3n) is 3.84. The molecule has 1 unspecified atom stereocenters. The number of carboxylic acids is 1. The van der Waals surface area contributed by atoms with Crippen LogP contribution in [0.5, 0.6) is 0 Å². The minimum atomic E-state index is -1.72. The second kappa shape index (κ2) is 5.75. The van der Waals surface area contributed by atoms with Gasteiger partial charge in [-0.15, -0.1) is 0 Å². The van der Waals surface area contributed by atoms with E-state index in [-0.39, 0.29) is 18.4 Å². The predicted molar refractivity (Wildman–Crippen MR) is 67.4 cm³/mol. The van der Waals surface area contributed by atoms with Crippen LogP contribution in [0, 0.1) is 11.6 Å². The molecule has 4 nitrogen and oxygen atoms in total. The number of hydrogen-bond acceptors (Lipinski definition) is 2. The first-order valence-electron chi connectivity index (χ1n) is 6.46. The van der Waals surface area contributed by atoms with Gasteiger partial charge in [0.25, 0.3) is 0 Å². The van der Waals surface area contributed by atoms with Gasteiger partial charge in [0.15, 0.2) is 6.04 Å². The zero-order valence-electron chi connectivity index (χ0n) is 11.0. The summed E-state index contributed by atoms with van der Waals surface area (Å²) >= 11 is 0. The van der Waals surface area contributed by atoms with Gasteiger partial charge in [0.05, 0.1) is 5.41 Å². The maximum absolute atomic E-state index is 13.9. The summed E-state index contributed by atoms with van der Waals surface area (Å²) in [6.07, 6.45) is 0.958. The van der Waals surface area contributed by atoms with Gasteiger partial charge in [-0.05, 0) is 25.0 Å². The molecule has 1 amide bonds. The van der Waals surface area contributed by atoms with Crippen LogP contribution in [0.15, 0.2) is 18.2 Å². The maximum Gasteiger partial charge on any atom is 0.328 e. The van der Waals surface area contributed by atoms with Crippen molar-refractivity contribution in [3.05, 3.63) is 35.4 Å². The van der Waals surface area contributed by atoms with Crippen LogP contribution in [0.25, 0.3) is 0 Å². The highest BCUT2D eigenvalue weighted by Gasteiger charge is 2.49. The Kier molecular flexibility index (Phi) is 4.20. The number of alkyl halides is 1. The quantitative estimate of drug-likeness (QED) is 0.873. The van der Waals surface area contributed by atoms with E-state index in [1.165, 1.54) is 6.07 Å². The van der Waals surface area contributed by atoms with Gasteiger partial charge in [0.1, 0.15) is 18.3 Å². The number of benzene rings is 1. The number of nitrogens with one attached hydrogen (secondary N) is 1. The topological polar surface area (TPSA) is 66.4 Å². The molecular formula is C14H14F3NO3. The minimum absolute atomic E-state index is 0.190. The third-order valence-corrected chi connectivity index (χ3v) is 3.84. The van der Waals surface area contributed by atoms with Crippen LogP contribution >= 0.6 is 0 Å². The molecular weight excluding hydrogens is 287 g/mol. The summed E-state index contributed by atoms with van der Waals surface area (Å²) in [5.74, 6) is -4.12. The minimum Gasteiger partial charge on any atom is -0.480 e. The van der Waals surface area contributed by atoms with Gasteiger partial charge in [-0.3, -0.25) is 4.79 Å². The van der Waals surface area contributed by atoms with E-state index < -0.39 is 41.6 Å². The molecule has 21 heavy (non-hydrogen) atoms. The summed E-state index contributed by atoms with van der Waals surface area (Å²) in [4.78, 5) is 23.0. The molecule has 1 aromatic rings. The van der Waals surface area contributed by atoms with Crippen molar-refractivity contribution in [3.8, 4) is 0 Å². The van der Waals surface area contributed by atoms with Crippen molar-refractivity contribution in [2.75, 3.05) is 6.67 Å². The van der Waals surface area contributed by atoms with Crippen LogP contribution in [-0.2, 0) is 15.0 Å². The van der Waals surface area contributed by atoms with Gasteiger partial charge in [0, 0.05) is 5.56 Å². The molecule has 0 bridgehead atoms. The molecule has 0 radical (unpaired) electrons. The molecule has 7 heteroatoms. The monoisotopic (exact) mass is 301 g/mol. The highest BCUT2D eigenvalue weighted by atomic mass is 19.1. The smallest absolute Gasteiger partial charge is 0.328 e. The summed E-state index contributed by atoms with van der Waals surface area (Å²) in [7, 11) is 0. The van der Waals surface area contributed by atoms with Crippen LogP contribution < -0.4 is 5.32 Å². The van der Waals surface area contributed by atoms with Crippen LogP contribution in [0.4, 0.5) is 13.2 Å². The van der Waals surface area contributed by atoms with E-state index in [1.54, 1.807) is 0 Å². The lowest BCUT2D eigenvalue weighted by atomic mass is 9.63. The first-order chi connectivity index (χ1) is 9.92. The van der Waals surface area contributed by atoms with Crippen molar-refractivity contribution in [1.82, 2.24) is 5.32 Å². The van der Waals surface area contributed by atoms with Crippen molar-refractivity contribution >= 4 is 11.9 Å². The van der Waals surface area contributed by atoms with Gasteiger partial charge in [-0.1, -0.05) is 12.5 Å². The number of aliphatic carboxylic acids is 1. The SMILES string of the molecule is O=C(O)C(CF)NC(=O)C1(c2c(F)cccc2F)CCC1. The summed E-state index contributed by atoms with van der Waals surface area (Å²) in [6, 6.07) is 1.54. The summed E-state index contributed by atoms with van der Waals surface area (Å²) in [5.41, 5.74) is -1.84. The van der Waals surface area contributed by atoms with Crippen molar-refractivity contribution in [2.24, 2.45) is 0 Å². The molecule has 114 valence electrons. The molecule has 0 spiro atoms. The van der Waals surface area contributed by atoms with Gasteiger partial charge < -0.3 is 10.4 Å². The molecule has 1 aromatic carbocycles. The van der Waals surface area contributed by atoms with Gasteiger partial charge >= 0.3 is 5.97 Å². The van der Waals surface area contributed by atoms with E-state index >= 15 is 0 Å². The number of amides is 1. The summed E-state index contributed by atoms with van der Waals surface area (Å²) in [6.45, 7) is -1.29. The fraction of sp³-hybridized carbons (Fsp3) is 0.429. The highest BCUT2D eigenvalue weighted by Crippen LogP contribution is 2.46. The van der Waals surface area contributed by atoms with Crippen molar-refractivity contribution < 1.29 is 27.9 Å². The first-order valence-corrected chi connectivity index (χ1v) is 6.46. The average Bonchev–Trinajstić information content (AvgIpc) is 2.37. The van der Waals surface area contributed by atoms with E-state index in [0.29, 0.717) is 6.42 Å². The Morgan fingerprint density at radius 2 is 1.86 bits per heavy atom. The fourth-order valence-electron chi connectivity index (χ4n) is 2.54. The largest absolute Gasteiger partial charge is 0.480 e. The Bertz CT molecular complexity index is 552. The number of carbonyl (C=O) groups excluding carboxylic acids is 1. The lowest BCUT2D eigenvalue weighted by molar-refractivity contribution is -0.144. The van der Waals surface area contributed by atoms with Crippen molar-refractivity contribution in [2.45, 2.75) is 30.7 Å². The fourth-order valence-corrected chi connectivity index (χ4v) is 2.54. The second-order valence-corrected chi connectivity index (χ2v) is 5.05. The molecule has 1 aliphatic carbocycles. The lowest BCUT2D eigenvalue weighted by Crippen LogP contribution is -2.55. The zero-order chi connectivity index (χ0) is 15.6. The summed E-state index contributed by atoms with van der Waals surface area (Å²) < 4.78 is 40.4. The number of halogens is 3. The maximum atomic E-state index is 13.9. The molecule has 1 aliphatic rings. The van der Waals surface area contributed by atoms with Crippen LogP contribution in [-0.4, -0.2) is 29.7 Å². The van der Waals surface area contributed by atoms with Crippen molar-refractivity contribution in [1.29, 1.82) is 0 Å². The standard InChI is InChI=1S/C14H14F3NO3/c15-7-10(12(19)20)18-13(21)14(5-2-6-14)11-8(16)3-1-4-9(11)17/h1,3-4,10H,2,5-7H2,(H,18,21)(H,19,20). The van der Waals surface area contributed by atoms with E-state index in [1.807, 2.05) is 5.32 Å². The van der Waals surface area contributed by atoms with Crippen LogP contribution in [0.3, 0.4) is 0 Å². The normalized spacial score (nSPS) is 17.7. The molecule has 1 fully saturated rings. The molecule has 0 saturated heterocycles. The highest BCUT2D eigenvalue weighted by molar-refractivity contribution is 5.92. The summed E-state index contributed by atoms with van der Waals surface area (Å²) in [5, 5.41) is 10.8. The Balaban J connectivity index is 2.34. The predicted octanol–water partition coefficient (Wildman–Crippen LogP) is 1.93. The lowest BCUT2D eigenvalue weighted by Gasteiger charge is -2.41. The van der Waals surface area contributed by atoms with Crippen LogP contribution in [0.2, 0.25) is 0 Å². The molecule has 2 N–H and O–H groups in total. The Morgan fingerprint density at radius 3 is 2.24 bits per heavy atom. The number of carboxylic acid groups (broad SMARTS) is 1. The van der Waals surface area contributed by atoms with Gasteiger partial charge in [-0.25, -0.2) is 18.0 Å². The first kappa shape index (κ1) is 15.3.